The zero-order chi connectivity index (χ0) is 15.4. The van der Waals surface area contributed by atoms with Crippen molar-refractivity contribution >= 4 is 27.5 Å². The quantitative estimate of drug-likeness (QED) is 0.335. The lowest BCUT2D eigenvalue weighted by molar-refractivity contribution is 0.254. The van der Waals surface area contributed by atoms with E-state index in [-0.39, 0.29) is 23.0 Å². The second-order valence-electron chi connectivity index (χ2n) is 5.12. The van der Waals surface area contributed by atoms with Crippen LogP contribution in [0.4, 0.5) is 10.1 Å². The van der Waals surface area contributed by atoms with Gasteiger partial charge in [-0.15, -0.1) is 0 Å². The van der Waals surface area contributed by atoms with Crippen molar-refractivity contribution in [2.45, 2.75) is 31.7 Å². The van der Waals surface area contributed by atoms with Gasteiger partial charge in [0, 0.05) is 12.1 Å². The summed E-state index contributed by atoms with van der Waals surface area (Å²) in [5.41, 5.74) is 6.25. The number of oxime groups is 1. The molecule has 5 nitrogen and oxygen atoms in total. The van der Waals surface area contributed by atoms with Gasteiger partial charge in [-0.1, -0.05) is 18.0 Å². The van der Waals surface area contributed by atoms with E-state index < -0.39 is 5.82 Å². The van der Waals surface area contributed by atoms with Crippen LogP contribution in [-0.2, 0) is 0 Å². The number of nitrogens with two attached hydrogens (primary N) is 1. The Labute approximate surface area is 131 Å². The summed E-state index contributed by atoms with van der Waals surface area (Å²) in [6.07, 6.45) is 3.93. The SMILES string of the molecule is N/C(=N/O)c1ccc(N2CCCCCC2CO)c(F)c1Br. The van der Waals surface area contributed by atoms with Gasteiger partial charge in [-0.25, -0.2) is 4.39 Å². The van der Waals surface area contributed by atoms with E-state index in [4.69, 9.17) is 10.9 Å². The fourth-order valence-electron chi connectivity index (χ4n) is 2.70. The van der Waals surface area contributed by atoms with Gasteiger partial charge in [0.1, 0.15) is 0 Å². The van der Waals surface area contributed by atoms with Gasteiger partial charge >= 0.3 is 0 Å². The molecule has 21 heavy (non-hydrogen) atoms. The predicted molar refractivity (Wildman–Crippen MR) is 83.3 cm³/mol. The lowest BCUT2D eigenvalue weighted by Gasteiger charge is -2.31. The van der Waals surface area contributed by atoms with Crippen LogP contribution < -0.4 is 10.6 Å². The predicted octanol–water partition coefficient (Wildman–Crippen LogP) is 2.42. The molecule has 1 saturated heterocycles. The largest absolute Gasteiger partial charge is 0.409 e. The second kappa shape index (κ2) is 7.09. The molecule has 1 aliphatic rings. The van der Waals surface area contributed by atoms with Crippen LogP contribution in [0.15, 0.2) is 21.8 Å². The highest BCUT2D eigenvalue weighted by molar-refractivity contribution is 9.10. The zero-order valence-corrected chi connectivity index (χ0v) is 13.2. The number of benzene rings is 1. The average Bonchev–Trinajstić information content (AvgIpc) is 2.74. The zero-order valence-electron chi connectivity index (χ0n) is 11.6. The Kier molecular flexibility index (Phi) is 5.41. The number of aliphatic hydroxyl groups is 1. The molecule has 1 unspecified atom stereocenters. The van der Waals surface area contributed by atoms with E-state index in [9.17, 15) is 9.50 Å². The lowest BCUT2D eigenvalue weighted by atomic mass is 10.1. The van der Waals surface area contributed by atoms with Gasteiger partial charge in [0.15, 0.2) is 11.7 Å². The number of anilines is 1. The van der Waals surface area contributed by atoms with E-state index in [1.807, 2.05) is 4.90 Å². The minimum absolute atomic E-state index is 0.000945. The van der Waals surface area contributed by atoms with E-state index in [0.717, 1.165) is 25.7 Å². The van der Waals surface area contributed by atoms with E-state index in [1.54, 1.807) is 12.1 Å². The van der Waals surface area contributed by atoms with E-state index in [2.05, 4.69) is 21.1 Å². The number of hydrogen-bond acceptors (Lipinski definition) is 4. The minimum atomic E-state index is -0.459. The number of amidine groups is 1. The molecule has 1 aliphatic heterocycles. The number of rotatable bonds is 3. The Hall–Kier alpha value is -1.34. The monoisotopic (exact) mass is 359 g/mol. The molecule has 4 N–H and O–H groups in total. The first-order chi connectivity index (χ1) is 10.1. The van der Waals surface area contributed by atoms with Crippen LogP contribution in [0.1, 0.15) is 31.2 Å². The molecule has 1 aromatic rings. The summed E-state index contributed by atoms with van der Waals surface area (Å²) >= 11 is 3.16. The smallest absolute Gasteiger partial charge is 0.171 e. The summed E-state index contributed by atoms with van der Waals surface area (Å²) in [6, 6.07) is 3.14. The van der Waals surface area contributed by atoms with E-state index in [1.165, 1.54) is 0 Å². The maximum atomic E-state index is 14.6. The summed E-state index contributed by atoms with van der Waals surface area (Å²) in [5.74, 6) is -0.610. The molecule has 0 aromatic heterocycles. The maximum absolute atomic E-state index is 14.6. The van der Waals surface area contributed by atoms with Gasteiger partial charge in [0.2, 0.25) is 0 Å². The first-order valence-electron chi connectivity index (χ1n) is 6.93. The van der Waals surface area contributed by atoms with Gasteiger partial charge in [0.05, 0.1) is 22.8 Å². The third kappa shape index (κ3) is 3.29. The fourth-order valence-corrected chi connectivity index (χ4v) is 3.24. The molecule has 2 rings (SSSR count). The van der Waals surface area contributed by atoms with Crippen molar-refractivity contribution in [1.82, 2.24) is 0 Å². The topological polar surface area (TPSA) is 82.1 Å². The van der Waals surface area contributed by atoms with Crippen LogP contribution in [0.25, 0.3) is 0 Å². The summed E-state index contributed by atoms with van der Waals surface area (Å²) in [6.45, 7) is 0.705. The molecule has 1 fully saturated rings. The summed E-state index contributed by atoms with van der Waals surface area (Å²) in [5, 5.41) is 21.1. The summed E-state index contributed by atoms with van der Waals surface area (Å²) < 4.78 is 14.8. The van der Waals surface area contributed by atoms with Gasteiger partial charge < -0.3 is 20.9 Å². The van der Waals surface area contributed by atoms with Crippen molar-refractivity contribution in [2.24, 2.45) is 10.9 Å². The average molecular weight is 360 g/mol. The molecule has 7 heteroatoms. The molecule has 0 spiro atoms. The van der Waals surface area contributed by atoms with Crippen molar-refractivity contribution in [3.8, 4) is 0 Å². The molecule has 1 heterocycles. The van der Waals surface area contributed by atoms with Crippen molar-refractivity contribution in [3.63, 3.8) is 0 Å². The molecule has 0 saturated carbocycles. The van der Waals surface area contributed by atoms with E-state index in [0.29, 0.717) is 17.8 Å². The lowest BCUT2D eigenvalue weighted by Crippen LogP contribution is -2.38. The van der Waals surface area contributed by atoms with Crippen molar-refractivity contribution in [1.29, 1.82) is 0 Å². The van der Waals surface area contributed by atoms with Gasteiger partial charge in [-0.05, 0) is 40.9 Å². The molecule has 1 aromatic carbocycles. The number of aliphatic hydroxyl groups excluding tert-OH is 1. The van der Waals surface area contributed by atoms with Crippen LogP contribution in [0, 0.1) is 5.82 Å². The second-order valence-corrected chi connectivity index (χ2v) is 5.92. The molecule has 0 amide bonds. The minimum Gasteiger partial charge on any atom is -0.409 e. The molecule has 1 atom stereocenters. The van der Waals surface area contributed by atoms with Crippen LogP contribution in [0.5, 0.6) is 0 Å². The van der Waals surface area contributed by atoms with Crippen LogP contribution in [-0.4, -0.2) is 35.3 Å². The van der Waals surface area contributed by atoms with E-state index >= 15 is 0 Å². The van der Waals surface area contributed by atoms with Gasteiger partial charge in [-0.2, -0.15) is 0 Å². The first kappa shape index (κ1) is 16.0. The van der Waals surface area contributed by atoms with Crippen molar-refractivity contribution in [3.05, 3.63) is 28.0 Å². The molecule has 0 bridgehead atoms. The highest BCUT2D eigenvalue weighted by Gasteiger charge is 2.25. The molecule has 0 radical (unpaired) electrons. The number of hydrogen-bond donors (Lipinski definition) is 3. The number of halogens is 2. The highest BCUT2D eigenvalue weighted by atomic mass is 79.9. The number of nitrogens with zero attached hydrogens (tertiary/aromatic N) is 2. The van der Waals surface area contributed by atoms with Gasteiger partial charge in [-0.3, -0.25) is 0 Å². The van der Waals surface area contributed by atoms with Crippen molar-refractivity contribution in [2.75, 3.05) is 18.1 Å². The van der Waals surface area contributed by atoms with Crippen molar-refractivity contribution < 1.29 is 14.7 Å². The summed E-state index contributed by atoms with van der Waals surface area (Å²) in [7, 11) is 0. The highest BCUT2D eigenvalue weighted by Crippen LogP contribution is 2.32. The first-order valence-corrected chi connectivity index (χ1v) is 7.72. The summed E-state index contributed by atoms with van der Waals surface area (Å²) in [4.78, 5) is 1.91. The molecular weight excluding hydrogens is 341 g/mol. The Morgan fingerprint density at radius 1 is 1.43 bits per heavy atom. The molecular formula is C14H19BrFN3O2. The molecule has 116 valence electrons. The molecule has 0 aliphatic carbocycles. The maximum Gasteiger partial charge on any atom is 0.171 e. The van der Waals surface area contributed by atoms with Crippen LogP contribution in [0.3, 0.4) is 0 Å². The third-order valence-corrected chi connectivity index (χ3v) is 4.62. The van der Waals surface area contributed by atoms with Crippen LogP contribution in [0.2, 0.25) is 0 Å². The Morgan fingerprint density at radius 3 is 2.86 bits per heavy atom. The Morgan fingerprint density at radius 2 is 2.19 bits per heavy atom. The standard InChI is InChI=1S/C14H19BrFN3O2/c15-12-10(14(17)18-21)5-6-11(13(12)16)19-7-3-1-2-4-9(19)8-20/h5-6,9,20-21H,1-4,7-8H2,(H2,17,18). The Balaban J connectivity index is 2.41. The van der Waals surface area contributed by atoms with Crippen LogP contribution >= 0.6 is 15.9 Å². The van der Waals surface area contributed by atoms with Gasteiger partial charge in [0.25, 0.3) is 0 Å². The fraction of sp³-hybridized carbons (Fsp3) is 0.500. The third-order valence-electron chi connectivity index (χ3n) is 3.84. The Bertz CT molecular complexity index is 539. The normalized spacial score (nSPS) is 20.4.